The van der Waals surface area contributed by atoms with Crippen LogP contribution in [0.25, 0.3) is 0 Å². The third-order valence-corrected chi connectivity index (χ3v) is 3.77. The van der Waals surface area contributed by atoms with Crippen LogP contribution in [-0.2, 0) is 13.5 Å². The highest BCUT2D eigenvalue weighted by Gasteiger charge is 2.18. The molecule has 0 saturated heterocycles. The number of hydrogen-bond donors (Lipinski definition) is 2. The minimum Gasteiger partial charge on any atom is -0.271 e. The van der Waals surface area contributed by atoms with Crippen LogP contribution in [0.1, 0.15) is 29.3 Å². The van der Waals surface area contributed by atoms with Gasteiger partial charge in [0.15, 0.2) is 4.60 Å². The minimum absolute atomic E-state index is 0.0238. The van der Waals surface area contributed by atoms with E-state index in [-0.39, 0.29) is 6.04 Å². The second kappa shape index (κ2) is 6.27. The minimum atomic E-state index is 0.0238. The second-order valence-electron chi connectivity index (χ2n) is 4.63. The molecule has 19 heavy (non-hydrogen) atoms. The third-order valence-electron chi connectivity index (χ3n) is 3.20. The summed E-state index contributed by atoms with van der Waals surface area (Å²) >= 11 is 3.40. The van der Waals surface area contributed by atoms with Crippen LogP contribution in [0.2, 0.25) is 0 Å². The summed E-state index contributed by atoms with van der Waals surface area (Å²) in [6.07, 6.45) is 1.84. The summed E-state index contributed by atoms with van der Waals surface area (Å²) < 4.78 is 2.48. The van der Waals surface area contributed by atoms with Crippen LogP contribution >= 0.6 is 15.9 Å². The highest BCUT2D eigenvalue weighted by atomic mass is 79.9. The Kier molecular flexibility index (Phi) is 4.68. The summed E-state index contributed by atoms with van der Waals surface area (Å²) in [7, 11) is 1.86. The molecule has 6 heteroatoms. The number of hydrazine groups is 1. The van der Waals surface area contributed by atoms with Gasteiger partial charge in [-0.15, -0.1) is 5.10 Å². The van der Waals surface area contributed by atoms with Crippen LogP contribution in [-0.4, -0.2) is 15.0 Å². The number of hydrogen-bond acceptors (Lipinski definition) is 4. The van der Waals surface area contributed by atoms with Crippen molar-refractivity contribution in [1.29, 1.82) is 0 Å². The Morgan fingerprint density at radius 1 is 1.37 bits per heavy atom. The molecule has 0 aliphatic heterocycles. The Bertz CT molecular complexity index is 515. The van der Waals surface area contributed by atoms with Gasteiger partial charge in [0.25, 0.3) is 0 Å². The van der Waals surface area contributed by atoms with E-state index in [1.165, 1.54) is 11.1 Å². The maximum Gasteiger partial charge on any atom is 0.153 e. The number of halogens is 1. The van der Waals surface area contributed by atoms with Crippen molar-refractivity contribution in [2.45, 2.75) is 25.8 Å². The molecular formula is C13H18BrN5. The van der Waals surface area contributed by atoms with Crippen molar-refractivity contribution in [3.05, 3.63) is 45.7 Å². The highest BCUT2D eigenvalue weighted by molar-refractivity contribution is 9.10. The Morgan fingerprint density at radius 3 is 2.58 bits per heavy atom. The van der Waals surface area contributed by atoms with Gasteiger partial charge in [-0.05, 0) is 41.3 Å². The third kappa shape index (κ3) is 3.40. The number of aromatic nitrogens is 3. The molecule has 5 nitrogen and oxygen atoms in total. The van der Waals surface area contributed by atoms with Gasteiger partial charge in [-0.3, -0.25) is 11.3 Å². The van der Waals surface area contributed by atoms with Crippen molar-refractivity contribution in [2.24, 2.45) is 12.9 Å². The molecule has 1 heterocycles. The molecule has 0 bridgehead atoms. The largest absolute Gasteiger partial charge is 0.271 e. The lowest BCUT2D eigenvalue weighted by Crippen LogP contribution is -2.30. The molecule has 2 aromatic rings. The Labute approximate surface area is 121 Å². The van der Waals surface area contributed by atoms with E-state index in [0.717, 1.165) is 23.1 Å². The van der Waals surface area contributed by atoms with Crippen LogP contribution in [0, 0.1) is 6.92 Å². The van der Waals surface area contributed by atoms with Gasteiger partial charge in [0.2, 0.25) is 0 Å². The van der Waals surface area contributed by atoms with Crippen molar-refractivity contribution < 1.29 is 0 Å². The van der Waals surface area contributed by atoms with Crippen molar-refractivity contribution in [1.82, 2.24) is 20.4 Å². The zero-order chi connectivity index (χ0) is 13.8. The zero-order valence-corrected chi connectivity index (χ0v) is 12.7. The van der Waals surface area contributed by atoms with E-state index in [1.54, 1.807) is 4.68 Å². The van der Waals surface area contributed by atoms with Crippen LogP contribution in [0.15, 0.2) is 28.9 Å². The molecule has 3 N–H and O–H groups in total. The van der Waals surface area contributed by atoms with E-state index in [4.69, 9.17) is 5.84 Å². The smallest absolute Gasteiger partial charge is 0.153 e. The Balaban J connectivity index is 2.06. The van der Waals surface area contributed by atoms with Gasteiger partial charge in [-0.25, -0.2) is 4.68 Å². The lowest BCUT2D eigenvalue weighted by molar-refractivity contribution is 0.478. The lowest BCUT2D eigenvalue weighted by Gasteiger charge is -2.16. The number of benzene rings is 1. The standard InChI is InChI=1S/C13H18BrN5/c1-9-3-5-10(6-4-9)7-8-11(16-15)12-13(14)17-18-19(12)2/h3-6,11,16H,7-8,15H2,1-2H3. The Hall–Kier alpha value is -1.24. The van der Waals surface area contributed by atoms with E-state index >= 15 is 0 Å². The maximum atomic E-state index is 5.65. The Morgan fingerprint density at radius 2 is 2.05 bits per heavy atom. The fourth-order valence-electron chi connectivity index (χ4n) is 2.07. The quantitative estimate of drug-likeness (QED) is 0.652. The first-order chi connectivity index (χ1) is 9.11. The van der Waals surface area contributed by atoms with E-state index in [1.807, 2.05) is 7.05 Å². The molecule has 0 radical (unpaired) electrons. The summed E-state index contributed by atoms with van der Waals surface area (Å²) in [6, 6.07) is 8.58. The highest BCUT2D eigenvalue weighted by Crippen LogP contribution is 2.23. The molecule has 2 rings (SSSR count). The molecule has 0 saturated carbocycles. The average molecular weight is 324 g/mol. The summed E-state index contributed by atoms with van der Waals surface area (Å²) in [5, 5.41) is 7.96. The first-order valence-electron chi connectivity index (χ1n) is 6.18. The normalized spacial score (nSPS) is 12.6. The molecule has 1 aromatic carbocycles. The summed E-state index contributed by atoms with van der Waals surface area (Å²) in [6.45, 7) is 2.09. The van der Waals surface area contributed by atoms with Gasteiger partial charge in [0, 0.05) is 7.05 Å². The van der Waals surface area contributed by atoms with Crippen LogP contribution in [0.3, 0.4) is 0 Å². The predicted octanol–water partition coefficient (Wildman–Crippen LogP) is 2.02. The predicted molar refractivity (Wildman–Crippen MR) is 78.3 cm³/mol. The monoisotopic (exact) mass is 323 g/mol. The summed E-state index contributed by atoms with van der Waals surface area (Å²) in [5.41, 5.74) is 6.38. The number of nitrogens with zero attached hydrogens (tertiary/aromatic N) is 3. The molecule has 0 spiro atoms. The molecule has 0 aliphatic rings. The van der Waals surface area contributed by atoms with Crippen molar-refractivity contribution in [3.63, 3.8) is 0 Å². The molecule has 1 unspecified atom stereocenters. The van der Waals surface area contributed by atoms with Crippen LogP contribution < -0.4 is 11.3 Å². The van der Waals surface area contributed by atoms with Crippen molar-refractivity contribution in [3.8, 4) is 0 Å². The molecular weight excluding hydrogens is 306 g/mol. The van der Waals surface area contributed by atoms with Gasteiger partial charge in [0.1, 0.15) is 0 Å². The molecule has 0 aliphatic carbocycles. The molecule has 0 amide bonds. The maximum absolute atomic E-state index is 5.65. The zero-order valence-electron chi connectivity index (χ0n) is 11.1. The molecule has 1 atom stereocenters. The number of nitrogens with two attached hydrogens (primary N) is 1. The number of nitrogens with one attached hydrogen (secondary N) is 1. The van der Waals surface area contributed by atoms with Crippen LogP contribution in [0.4, 0.5) is 0 Å². The molecule has 0 fully saturated rings. The van der Waals surface area contributed by atoms with Gasteiger partial charge in [-0.1, -0.05) is 35.0 Å². The van der Waals surface area contributed by atoms with E-state index in [0.29, 0.717) is 0 Å². The van der Waals surface area contributed by atoms with Crippen molar-refractivity contribution >= 4 is 15.9 Å². The first kappa shape index (κ1) is 14.2. The number of rotatable bonds is 5. The lowest BCUT2D eigenvalue weighted by atomic mass is 10.0. The van der Waals surface area contributed by atoms with E-state index < -0.39 is 0 Å². The first-order valence-corrected chi connectivity index (χ1v) is 6.98. The summed E-state index contributed by atoms with van der Waals surface area (Å²) in [5.74, 6) is 5.65. The summed E-state index contributed by atoms with van der Waals surface area (Å²) in [4.78, 5) is 0. The molecule has 102 valence electrons. The fourth-order valence-corrected chi connectivity index (χ4v) is 2.68. The van der Waals surface area contributed by atoms with Gasteiger partial charge in [-0.2, -0.15) is 0 Å². The SMILES string of the molecule is Cc1ccc(CCC(NN)c2c(Br)nnn2C)cc1. The second-order valence-corrected chi connectivity index (χ2v) is 5.38. The van der Waals surface area contributed by atoms with E-state index in [9.17, 15) is 0 Å². The van der Waals surface area contributed by atoms with Gasteiger partial charge < -0.3 is 0 Å². The van der Waals surface area contributed by atoms with Crippen molar-refractivity contribution in [2.75, 3.05) is 0 Å². The van der Waals surface area contributed by atoms with Crippen LogP contribution in [0.5, 0.6) is 0 Å². The molecule has 1 aromatic heterocycles. The van der Waals surface area contributed by atoms with Gasteiger partial charge >= 0.3 is 0 Å². The topological polar surface area (TPSA) is 68.8 Å². The van der Waals surface area contributed by atoms with Gasteiger partial charge in [0.05, 0.1) is 11.7 Å². The number of aryl methyl sites for hydroxylation is 3. The fraction of sp³-hybridized carbons (Fsp3) is 0.385. The van der Waals surface area contributed by atoms with E-state index in [2.05, 4.69) is 62.9 Å². The average Bonchev–Trinajstić information content (AvgIpc) is 2.73.